The van der Waals surface area contributed by atoms with Crippen LogP contribution in [-0.2, 0) is 4.79 Å². The van der Waals surface area contributed by atoms with Crippen LogP contribution >= 0.6 is 11.6 Å². The molecule has 2 aliphatic rings. The van der Waals surface area contributed by atoms with Gasteiger partial charge in [0.05, 0.1) is 19.0 Å². The number of halogens is 1. The number of carbonyl (C=O) groups excluding carboxylic acids is 1. The molecule has 1 amide bonds. The number of fused-ring (bicyclic) bond motifs is 1. The number of benzene rings is 2. The quantitative estimate of drug-likeness (QED) is 0.865. The van der Waals surface area contributed by atoms with Crippen LogP contribution in [0.2, 0.25) is 5.02 Å². The smallest absolute Gasteiger partial charge is 0.283 e. The molecular formula is C20H22ClN2O+. The molecule has 0 aromatic heterocycles. The Balaban J connectivity index is 1.83. The topological polar surface area (TPSA) is 33.5 Å². The first-order valence-corrected chi connectivity index (χ1v) is 9.11. The zero-order chi connectivity index (χ0) is 16.5. The van der Waals surface area contributed by atoms with Gasteiger partial charge in [0.2, 0.25) is 0 Å². The van der Waals surface area contributed by atoms with E-state index in [0.717, 1.165) is 29.4 Å². The predicted octanol–water partition coefficient (Wildman–Crippen LogP) is 2.86. The third kappa shape index (κ3) is 2.83. The van der Waals surface area contributed by atoms with Crippen molar-refractivity contribution >= 4 is 23.2 Å². The van der Waals surface area contributed by atoms with Crippen LogP contribution in [0.1, 0.15) is 36.3 Å². The Kier molecular flexibility index (Phi) is 4.30. The number of likely N-dealkylation sites (tertiary alicyclic amines) is 1. The fraction of sp³-hybridized carbons (Fsp3) is 0.350. The molecule has 0 spiro atoms. The van der Waals surface area contributed by atoms with Gasteiger partial charge < -0.3 is 10.2 Å². The lowest BCUT2D eigenvalue weighted by Crippen LogP contribution is -3.18. The molecule has 24 heavy (non-hydrogen) atoms. The Hall–Kier alpha value is -1.84. The number of carbonyl (C=O) groups is 1. The van der Waals surface area contributed by atoms with Gasteiger partial charge in [0.25, 0.3) is 5.91 Å². The van der Waals surface area contributed by atoms with Gasteiger partial charge in [-0.3, -0.25) is 4.79 Å². The minimum atomic E-state index is -0.0846. The number of piperidine rings is 1. The molecule has 2 aromatic carbocycles. The first kappa shape index (κ1) is 15.7. The second-order valence-electron chi connectivity index (χ2n) is 6.81. The van der Waals surface area contributed by atoms with Crippen LogP contribution < -0.4 is 10.2 Å². The maximum atomic E-state index is 13.0. The summed E-state index contributed by atoms with van der Waals surface area (Å²) < 4.78 is 0. The summed E-state index contributed by atoms with van der Waals surface area (Å²) in [4.78, 5) is 14.4. The molecule has 1 fully saturated rings. The summed E-state index contributed by atoms with van der Waals surface area (Å²) in [5.41, 5.74) is 3.22. The maximum Gasteiger partial charge on any atom is 0.283 e. The molecule has 4 heteroatoms. The second-order valence-corrected chi connectivity index (χ2v) is 7.24. The van der Waals surface area contributed by atoms with Crippen molar-refractivity contribution in [3.8, 4) is 0 Å². The lowest BCUT2D eigenvalue weighted by Gasteiger charge is -2.39. The summed E-state index contributed by atoms with van der Waals surface area (Å²) in [6.45, 7) is 2.13. The van der Waals surface area contributed by atoms with Gasteiger partial charge in [0.1, 0.15) is 0 Å². The largest absolute Gasteiger partial charge is 0.324 e. The Bertz CT molecular complexity index is 741. The minimum absolute atomic E-state index is 0.0572. The predicted molar refractivity (Wildman–Crippen MR) is 96.7 cm³/mol. The normalized spacial score (nSPS) is 24.3. The Morgan fingerprint density at radius 1 is 1.00 bits per heavy atom. The van der Waals surface area contributed by atoms with E-state index in [1.165, 1.54) is 29.7 Å². The van der Waals surface area contributed by atoms with Crippen LogP contribution in [-0.4, -0.2) is 25.0 Å². The van der Waals surface area contributed by atoms with Gasteiger partial charge in [0.15, 0.2) is 6.04 Å². The SMILES string of the molecule is O=C1Nc2ccc(Cl)cc2[C@H](c2ccccc2)[C@@H]1[NH+]1CCCCC1. The summed E-state index contributed by atoms with van der Waals surface area (Å²) >= 11 is 6.28. The van der Waals surface area contributed by atoms with Gasteiger partial charge in [-0.2, -0.15) is 0 Å². The fourth-order valence-electron chi connectivity index (χ4n) is 4.22. The number of hydrogen-bond acceptors (Lipinski definition) is 1. The van der Waals surface area contributed by atoms with E-state index in [1.54, 1.807) is 0 Å². The number of rotatable bonds is 2. The Morgan fingerprint density at radius 3 is 2.50 bits per heavy atom. The highest BCUT2D eigenvalue weighted by Crippen LogP contribution is 2.38. The van der Waals surface area contributed by atoms with E-state index in [1.807, 2.05) is 24.3 Å². The molecule has 4 rings (SSSR count). The molecule has 0 unspecified atom stereocenters. The van der Waals surface area contributed by atoms with Crippen LogP contribution in [0.15, 0.2) is 48.5 Å². The van der Waals surface area contributed by atoms with Gasteiger partial charge in [-0.15, -0.1) is 0 Å². The minimum Gasteiger partial charge on any atom is -0.324 e. The summed E-state index contributed by atoms with van der Waals surface area (Å²) in [7, 11) is 0. The zero-order valence-electron chi connectivity index (χ0n) is 13.6. The summed E-state index contributed by atoms with van der Waals surface area (Å²) in [5.74, 6) is 0.192. The van der Waals surface area contributed by atoms with Gasteiger partial charge in [-0.1, -0.05) is 41.9 Å². The van der Waals surface area contributed by atoms with E-state index < -0.39 is 0 Å². The standard InChI is InChI=1S/C20H21ClN2O/c21-15-9-10-17-16(13-15)18(14-7-3-1-4-8-14)19(20(24)22-17)23-11-5-2-6-12-23/h1,3-4,7-10,13,18-19H,2,5-6,11-12H2,(H,22,24)/p+1/t18-,19-/m0/s1. The van der Waals surface area contributed by atoms with Crippen molar-refractivity contribution in [3.63, 3.8) is 0 Å². The average Bonchev–Trinajstić information content (AvgIpc) is 2.62. The summed E-state index contributed by atoms with van der Waals surface area (Å²) in [6, 6.07) is 16.1. The first-order chi connectivity index (χ1) is 11.7. The molecule has 2 N–H and O–H groups in total. The lowest BCUT2D eigenvalue weighted by molar-refractivity contribution is -0.921. The number of amides is 1. The van der Waals surface area contributed by atoms with Crippen LogP contribution in [0, 0.1) is 0 Å². The lowest BCUT2D eigenvalue weighted by atomic mass is 9.80. The van der Waals surface area contributed by atoms with E-state index in [0.29, 0.717) is 0 Å². The molecule has 3 nitrogen and oxygen atoms in total. The van der Waals surface area contributed by atoms with Crippen molar-refractivity contribution < 1.29 is 9.69 Å². The monoisotopic (exact) mass is 341 g/mol. The third-order valence-electron chi connectivity index (χ3n) is 5.32. The van der Waals surface area contributed by atoms with Crippen molar-refractivity contribution in [2.45, 2.75) is 31.2 Å². The van der Waals surface area contributed by atoms with Crippen LogP contribution in [0.5, 0.6) is 0 Å². The zero-order valence-corrected chi connectivity index (χ0v) is 14.4. The third-order valence-corrected chi connectivity index (χ3v) is 5.55. The van der Waals surface area contributed by atoms with E-state index in [9.17, 15) is 4.79 Å². The molecule has 2 heterocycles. The van der Waals surface area contributed by atoms with Crippen molar-refractivity contribution in [3.05, 3.63) is 64.7 Å². The Morgan fingerprint density at radius 2 is 1.75 bits per heavy atom. The summed E-state index contributed by atoms with van der Waals surface area (Å²) in [5, 5.41) is 3.84. The fourth-order valence-corrected chi connectivity index (χ4v) is 4.40. The van der Waals surface area contributed by atoms with E-state index in [4.69, 9.17) is 11.6 Å². The van der Waals surface area contributed by atoms with Crippen molar-refractivity contribution in [1.82, 2.24) is 0 Å². The van der Waals surface area contributed by atoms with Crippen LogP contribution in [0.3, 0.4) is 0 Å². The highest BCUT2D eigenvalue weighted by atomic mass is 35.5. The van der Waals surface area contributed by atoms with Gasteiger partial charge >= 0.3 is 0 Å². The van der Waals surface area contributed by atoms with Crippen molar-refractivity contribution in [2.24, 2.45) is 0 Å². The maximum absolute atomic E-state index is 13.0. The van der Waals surface area contributed by atoms with Crippen LogP contribution in [0.4, 0.5) is 5.69 Å². The summed E-state index contributed by atoms with van der Waals surface area (Å²) in [6.07, 6.45) is 3.67. The number of nitrogens with one attached hydrogen (secondary N) is 2. The van der Waals surface area contributed by atoms with Crippen molar-refractivity contribution in [2.75, 3.05) is 18.4 Å². The van der Waals surface area contributed by atoms with Crippen LogP contribution in [0.25, 0.3) is 0 Å². The number of anilines is 1. The molecule has 0 saturated carbocycles. The van der Waals surface area contributed by atoms with E-state index >= 15 is 0 Å². The first-order valence-electron chi connectivity index (χ1n) is 8.74. The molecule has 0 bridgehead atoms. The van der Waals surface area contributed by atoms with E-state index in [-0.39, 0.29) is 17.9 Å². The molecule has 0 radical (unpaired) electrons. The van der Waals surface area contributed by atoms with Gasteiger partial charge in [-0.25, -0.2) is 0 Å². The molecule has 2 aliphatic heterocycles. The van der Waals surface area contributed by atoms with Gasteiger partial charge in [0, 0.05) is 10.7 Å². The van der Waals surface area contributed by atoms with E-state index in [2.05, 4.69) is 29.6 Å². The molecular weight excluding hydrogens is 320 g/mol. The second kappa shape index (κ2) is 6.58. The van der Waals surface area contributed by atoms with Crippen molar-refractivity contribution in [1.29, 1.82) is 0 Å². The number of quaternary nitrogens is 1. The Labute approximate surface area is 147 Å². The average molecular weight is 342 g/mol. The molecule has 124 valence electrons. The highest BCUT2D eigenvalue weighted by molar-refractivity contribution is 6.30. The molecule has 1 saturated heterocycles. The van der Waals surface area contributed by atoms with Gasteiger partial charge in [-0.05, 0) is 48.6 Å². The molecule has 2 atom stereocenters. The number of hydrogen-bond donors (Lipinski definition) is 2. The highest BCUT2D eigenvalue weighted by Gasteiger charge is 2.44. The molecule has 2 aromatic rings. The molecule has 0 aliphatic carbocycles.